The molecule has 3 aromatic rings. The summed E-state index contributed by atoms with van der Waals surface area (Å²) in [5, 5.41) is 0. The van der Waals surface area contributed by atoms with E-state index in [1.54, 1.807) is 21.6 Å². The zero-order chi connectivity index (χ0) is 27.6. The molecule has 8 nitrogen and oxygen atoms in total. The Morgan fingerprint density at radius 1 is 0.800 bits per heavy atom. The van der Waals surface area contributed by atoms with Gasteiger partial charge in [0.1, 0.15) is 6.61 Å². The Balaban J connectivity index is 1.33. The first kappa shape index (κ1) is 25.7. The SMILES string of the molecule is CCOC(=O)[C@@H]1[C@@H]2CC[C@H](CN1C(=O)N1c3ccccc3C=Cc3ccccc31)N2C(=O)OCc1ccccc1. The molecule has 2 bridgehead atoms. The van der Waals surface area contributed by atoms with Gasteiger partial charge in [-0.1, -0.05) is 78.9 Å². The van der Waals surface area contributed by atoms with Crippen LogP contribution in [0.3, 0.4) is 0 Å². The smallest absolute Gasteiger partial charge is 0.410 e. The van der Waals surface area contributed by atoms with Gasteiger partial charge < -0.3 is 14.4 Å². The maximum Gasteiger partial charge on any atom is 0.410 e. The van der Waals surface area contributed by atoms with Crippen LogP contribution in [0.15, 0.2) is 78.9 Å². The monoisotopic (exact) mass is 537 g/mol. The number of hydrogen-bond acceptors (Lipinski definition) is 5. The number of carbonyl (C=O) groups is 3. The number of fused-ring (bicyclic) bond motifs is 4. The fourth-order valence-electron chi connectivity index (χ4n) is 6.05. The second kappa shape index (κ2) is 10.9. The third kappa shape index (κ3) is 4.59. The van der Waals surface area contributed by atoms with Gasteiger partial charge in [-0.2, -0.15) is 0 Å². The van der Waals surface area contributed by atoms with Gasteiger partial charge in [-0.15, -0.1) is 0 Å². The number of benzene rings is 3. The minimum Gasteiger partial charge on any atom is -0.464 e. The molecule has 3 aliphatic heterocycles. The van der Waals surface area contributed by atoms with E-state index in [9.17, 15) is 14.4 Å². The minimum absolute atomic E-state index is 0.136. The topological polar surface area (TPSA) is 79.4 Å². The number of likely N-dealkylation sites (tertiary alicyclic amines) is 1. The van der Waals surface area contributed by atoms with Crippen molar-refractivity contribution in [2.75, 3.05) is 18.1 Å². The average molecular weight is 538 g/mol. The fraction of sp³-hybridized carbons (Fsp3) is 0.281. The van der Waals surface area contributed by atoms with Crippen LogP contribution in [0.25, 0.3) is 12.2 Å². The highest BCUT2D eigenvalue weighted by atomic mass is 16.6. The lowest BCUT2D eigenvalue weighted by Gasteiger charge is -2.46. The molecule has 0 aliphatic carbocycles. The summed E-state index contributed by atoms with van der Waals surface area (Å²) in [6.45, 7) is 2.25. The third-order valence-corrected chi connectivity index (χ3v) is 7.83. The van der Waals surface area contributed by atoms with Crippen LogP contribution >= 0.6 is 0 Å². The van der Waals surface area contributed by atoms with Crippen molar-refractivity contribution in [3.63, 3.8) is 0 Å². The van der Waals surface area contributed by atoms with E-state index < -0.39 is 24.1 Å². The number of esters is 1. The molecule has 204 valence electrons. The number of ether oxygens (including phenoxy) is 2. The number of nitrogens with zero attached hydrogens (tertiary/aromatic N) is 3. The van der Waals surface area contributed by atoms with Gasteiger partial charge in [0.05, 0.1) is 30.1 Å². The van der Waals surface area contributed by atoms with Gasteiger partial charge in [0.2, 0.25) is 0 Å². The molecule has 2 fully saturated rings. The predicted octanol–water partition coefficient (Wildman–Crippen LogP) is 5.85. The van der Waals surface area contributed by atoms with E-state index >= 15 is 0 Å². The Hall–Kier alpha value is -4.59. The number of urea groups is 1. The van der Waals surface area contributed by atoms with Crippen LogP contribution < -0.4 is 4.90 Å². The molecule has 3 aromatic carbocycles. The summed E-state index contributed by atoms with van der Waals surface area (Å²) in [5.74, 6) is -0.517. The molecule has 8 heteroatoms. The van der Waals surface area contributed by atoms with Crippen molar-refractivity contribution in [3.05, 3.63) is 95.6 Å². The minimum atomic E-state index is -0.953. The lowest BCUT2D eigenvalue weighted by molar-refractivity contribution is -0.152. The summed E-state index contributed by atoms with van der Waals surface area (Å²) in [7, 11) is 0. The Bertz CT molecular complexity index is 1410. The standard InChI is InChI=1S/C32H31N3O5/c1-2-39-30(36)29-28-19-18-25(34(28)32(38)40-21-22-10-4-3-5-11-22)20-33(29)31(37)35-26-14-8-6-12-23(26)16-17-24-13-7-9-15-27(24)35/h3-17,25,28-29H,2,18-21H2,1H3/t25-,28+,29+/m1/s1. The lowest BCUT2D eigenvalue weighted by atomic mass is 10.0. The summed E-state index contributed by atoms with van der Waals surface area (Å²) < 4.78 is 11.1. The Morgan fingerprint density at radius 2 is 1.43 bits per heavy atom. The molecule has 40 heavy (non-hydrogen) atoms. The molecule has 0 saturated carbocycles. The van der Waals surface area contributed by atoms with Gasteiger partial charge >= 0.3 is 18.1 Å². The molecule has 2 saturated heterocycles. The summed E-state index contributed by atoms with van der Waals surface area (Å²) in [5.41, 5.74) is 4.13. The number of piperazine rings is 1. The number of carbonyl (C=O) groups excluding carboxylic acids is 3. The first-order valence-corrected chi connectivity index (χ1v) is 13.7. The van der Waals surface area contributed by atoms with Crippen LogP contribution in [0.1, 0.15) is 36.5 Å². The molecule has 0 aromatic heterocycles. The third-order valence-electron chi connectivity index (χ3n) is 7.83. The van der Waals surface area contributed by atoms with E-state index in [1.807, 2.05) is 91.0 Å². The molecule has 3 aliphatic rings. The Morgan fingerprint density at radius 3 is 2.08 bits per heavy atom. The summed E-state index contributed by atoms with van der Waals surface area (Å²) >= 11 is 0. The zero-order valence-electron chi connectivity index (χ0n) is 22.3. The van der Waals surface area contributed by atoms with E-state index in [1.165, 1.54) is 0 Å². The molecule has 0 spiro atoms. The molecule has 0 radical (unpaired) electrons. The molecule has 0 unspecified atom stereocenters. The van der Waals surface area contributed by atoms with E-state index in [0.717, 1.165) is 28.1 Å². The van der Waals surface area contributed by atoms with Crippen molar-refractivity contribution in [3.8, 4) is 0 Å². The maximum atomic E-state index is 14.5. The van der Waals surface area contributed by atoms with Gasteiger partial charge in [0, 0.05) is 6.54 Å². The van der Waals surface area contributed by atoms with Crippen LogP contribution in [0, 0.1) is 0 Å². The summed E-state index contributed by atoms with van der Waals surface area (Å²) in [4.78, 5) is 46.3. The maximum absolute atomic E-state index is 14.5. The Kier molecular flexibility index (Phi) is 6.99. The van der Waals surface area contributed by atoms with E-state index in [0.29, 0.717) is 12.8 Å². The highest BCUT2D eigenvalue weighted by Crippen LogP contribution is 2.41. The molecule has 0 N–H and O–H groups in total. The van der Waals surface area contributed by atoms with Crippen molar-refractivity contribution in [1.29, 1.82) is 0 Å². The van der Waals surface area contributed by atoms with Crippen LogP contribution in [0.4, 0.5) is 21.0 Å². The number of amides is 3. The second-order valence-corrected chi connectivity index (χ2v) is 10.2. The van der Waals surface area contributed by atoms with Gasteiger partial charge in [0.15, 0.2) is 6.04 Å². The van der Waals surface area contributed by atoms with Crippen molar-refractivity contribution in [2.24, 2.45) is 0 Å². The molecular formula is C32H31N3O5. The summed E-state index contributed by atoms with van der Waals surface area (Å²) in [6, 6.07) is 22.8. The van der Waals surface area contributed by atoms with Gasteiger partial charge in [-0.3, -0.25) is 9.80 Å². The van der Waals surface area contributed by atoms with Crippen molar-refractivity contribution in [2.45, 2.75) is 44.5 Å². The van der Waals surface area contributed by atoms with Crippen molar-refractivity contribution < 1.29 is 23.9 Å². The second-order valence-electron chi connectivity index (χ2n) is 10.2. The van der Waals surface area contributed by atoms with E-state index in [4.69, 9.17) is 9.47 Å². The highest BCUT2D eigenvalue weighted by Gasteiger charge is 2.54. The zero-order valence-corrected chi connectivity index (χ0v) is 22.3. The summed E-state index contributed by atoms with van der Waals surface area (Å²) in [6.07, 6.45) is 4.75. The number of hydrogen-bond donors (Lipinski definition) is 0. The number of rotatable bonds is 4. The van der Waals surface area contributed by atoms with Gasteiger partial charge in [0.25, 0.3) is 0 Å². The van der Waals surface area contributed by atoms with E-state index in [2.05, 4.69) is 0 Å². The molecular weight excluding hydrogens is 506 g/mol. The molecule has 3 atom stereocenters. The first-order valence-electron chi connectivity index (χ1n) is 13.7. The predicted molar refractivity (Wildman–Crippen MR) is 152 cm³/mol. The number of para-hydroxylation sites is 2. The van der Waals surface area contributed by atoms with Crippen molar-refractivity contribution in [1.82, 2.24) is 9.80 Å². The number of anilines is 2. The largest absolute Gasteiger partial charge is 0.464 e. The van der Waals surface area contributed by atoms with Gasteiger partial charge in [-0.05, 0) is 48.6 Å². The highest BCUT2D eigenvalue weighted by molar-refractivity contribution is 6.06. The van der Waals surface area contributed by atoms with Crippen LogP contribution in [0.2, 0.25) is 0 Å². The average Bonchev–Trinajstić information content (AvgIpc) is 3.18. The van der Waals surface area contributed by atoms with E-state index in [-0.39, 0.29) is 31.8 Å². The van der Waals surface area contributed by atoms with Crippen LogP contribution in [0.5, 0.6) is 0 Å². The fourth-order valence-corrected chi connectivity index (χ4v) is 6.05. The van der Waals surface area contributed by atoms with Crippen LogP contribution in [-0.4, -0.2) is 59.2 Å². The molecule has 3 amide bonds. The van der Waals surface area contributed by atoms with Crippen LogP contribution in [-0.2, 0) is 20.9 Å². The normalized spacial score (nSPS) is 20.8. The molecule has 6 rings (SSSR count). The Labute approximate surface area is 233 Å². The van der Waals surface area contributed by atoms with Gasteiger partial charge in [-0.25, -0.2) is 14.4 Å². The molecule has 3 heterocycles. The quantitative estimate of drug-likeness (QED) is 0.391. The first-order chi connectivity index (χ1) is 19.6. The lowest BCUT2D eigenvalue weighted by Crippen LogP contribution is -2.66. The van der Waals surface area contributed by atoms with Crippen molar-refractivity contribution >= 4 is 41.6 Å².